The number of ether oxygens (including phenoxy) is 4. The van der Waals surface area contributed by atoms with Gasteiger partial charge in [-0.1, -0.05) is 319 Å². The van der Waals surface area contributed by atoms with Crippen molar-refractivity contribution in [3.8, 4) is 0 Å². The van der Waals surface area contributed by atoms with Gasteiger partial charge < -0.3 is 33.8 Å². The highest BCUT2D eigenvalue weighted by Gasteiger charge is 2.30. The van der Waals surface area contributed by atoms with Crippen LogP contribution in [-0.2, 0) is 65.4 Å². The van der Waals surface area contributed by atoms with E-state index in [1.165, 1.54) is 167 Å². The molecule has 0 heterocycles. The van der Waals surface area contributed by atoms with E-state index in [1.54, 1.807) is 0 Å². The van der Waals surface area contributed by atoms with E-state index >= 15 is 0 Å². The van der Waals surface area contributed by atoms with Crippen LogP contribution >= 0.6 is 15.6 Å². The van der Waals surface area contributed by atoms with Gasteiger partial charge in [0, 0.05) is 25.7 Å². The Morgan fingerprint density at radius 3 is 0.763 bits per heavy atom. The fourth-order valence-electron chi connectivity index (χ4n) is 11.2. The second-order valence-corrected chi connectivity index (χ2v) is 31.3. The summed E-state index contributed by atoms with van der Waals surface area (Å²) >= 11 is 0. The minimum absolute atomic E-state index is 0.102. The average molecular weight is 1370 g/mol. The summed E-state index contributed by atoms with van der Waals surface area (Å²) < 4.78 is 68.4. The zero-order chi connectivity index (χ0) is 68.9. The maximum atomic E-state index is 13.1. The Hall–Kier alpha value is -1.94. The number of esters is 4. The number of phosphoric acid groups is 2. The summed E-state index contributed by atoms with van der Waals surface area (Å²) in [5, 5.41) is 10.6. The summed E-state index contributed by atoms with van der Waals surface area (Å²) in [6, 6.07) is 0. The average Bonchev–Trinajstić information content (AvgIpc) is 3.61. The highest BCUT2D eigenvalue weighted by molar-refractivity contribution is 7.47. The zero-order valence-electron chi connectivity index (χ0n) is 60.9. The highest BCUT2D eigenvalue weighted by Crippen LogP contribution is 2.45. The number of carbonyl (C=O) groups is 4. The predicted octanol–water partition coefficient (Wildman–Crippen LogP) is 21.3. The zero-order valence-corrected chi connectivity index (χ0v) is 62.7. The molecule has 3 N–H and O–H groups in total. The lowest BCUT2D eigenvalue weighted by molar-refractivity contribution is -0.161. The second-order valence-electron chi connectivity index (χ2n) is 28.4. The Labute approximate surface area is 568 Å². The lowest BCUT2D eigenvalue weighted by atomic mass is 10.00. The Morgan fingerprint density at radius 1 is 0.301 bits per heavy atom. The van der Waals surface area contributed by atoms with Crippen molar-refractivity contribution in [2.24, 2.45) is 23.7 Å². The molecule has 0 spiro atoms. The van der Waals surface area contributed by atoms with Crippen LogP contribution in [0, 0.1) is 23.7 Å². The first-order chi connectivity index (χ1) is 44.6. The van der Waals surface area contributed by atoms with Crippen LogP contribution in [0.25, 0.3) is 0 Å². The summed E-state index contributed by atoms with van der Waals surface area (Å²) in [7, 11) is -9.91. The maximum absolute atomic E-state index is 13.1. The van der Waals surface area contributed by atoms with Crippen molar-refractivity contribution in [3.05, 3.63) is 0 Å². The lowest BCUT2D eigenvalue weighted by Gasteiger charge is -2.21. The molecule has 6 atom stereocenters. The number of carbonyl (C=O) groups excluding carboxylic acids is 4. The van der Waals surface area contributed by atoms with Crippen molar-refractivity contribution < 1.29 is 80.2 Å². The molecule has 93 heavy (non-hydrogen) atoms. The molecule has 552 valence electrons. The van der Waals surface area contributed by atoms with Gasteiger partial charge >= 0.3 is 39.5 Å². The molecule has 0 aliphatic rings. The van der Waals surface area contributed by atoms with Gasteiger partial charge in [0.1, 0.15) is 19.3 Å². The van der Waals surface area contributed by atoms with Crippen molar-refractivity contribution in [3.63, 3.8) is 0 Å². The van der Waals surface area contributed by atoms with Crippen LogP contribution in [0.15, 0.2) is 0 Å². The smallest absolute Gasteiger partial charge is 0.462 e. The molecule has 3 unspecified atom stereocenters. The van der Waals surface area contributed by atoms with E-state index in [2.05, 4.69) is 55.4 Å². The SMILES string of the molecule is CCC(C)CCCCCCCCC(=O)OC[C@H](COP(=O)(O)OC[C@H](O)COP(=O)(O)OC[C@@H](COC(=O)CCCCCCCCCCCC(C)C)OC(=O)CCCCCCCCCCCCCCCCCCCCC(C)C)OC(=O)CCCCCCCCCC(C)C. The molecule has 0 aliphatic carbocycles. The van der Waals surface area contributed by atoms with Crippen LogP contribution in [-0.4, -0.2) is 96.7 Å². The fourth-order valence-corrected chi connectivity index (χ4v) is 12.7. The van der Waals surface area contributed by atoms with Crippen molar-refractivity contribution in [1.29, 1.82) is 0 Å². The number of hydrogen-bond donors (Lipinski definition) is 3. The third-order valence-electron chi connectivity index (χ3n) is 17.4. The van der Waals surface area contributed by atoms with Gasteiger partial charge in [0.15, 0.2) is 12.2 Å². The van der Waals surface area contributed by atoms with E-state index in [9.17, 15) is 43.2 Å². The molecule has 0 radical (unpaired) electrons. The minimum atomic E-state index is -4.96. The normalized spacial score (nSPS) is 14.5. The first-order valence-electron chi connectivity index (χ1n) is 38.2. The fraction of sp³-hybridized carbons (Fsp3) is 0.946. The maximum Gasteiger partial charge on any atom is 0.472 e. The van der Waals surface area contributed by atoms with Crippen molar-refractivity contribution in [2.75, 3.05) is 39.6 Å². The highest BCUT2D eigenvalue weighted by atomic mass is 31.2. The molecule has 0 saturated carbocycles. The Morgan fingerprint density at radius 2 is 0.516 bits per heavy atom. The molecule has 0 saturated heterocycles. The van der Waals surface area contributed by atoms with Crippen LogP contribution in [0.2, 0.25) is 0 Å². The van der Waals surface area contributed by atoms with Crippen LogP contribution in [0.1, 0.15) is 370 Å². The van der Waals surface area contributed by atoms with Crippen molar-refractivity contribution in [1.82, 2.24) is 0 Å². The number of hydrogen-bond acceptors (Lipinski definition) is 15. The second kappa shape index (κ2) is 63.5. The molecule has 0 fully saturated rings. The molecule has 0 aromatic heterocycles. The van der Waals surface area contributed by atoms with Gasteiger partial charge in [-0.3, -0.25) is 37.3 Å². The Bertz CT molecular complexity index is 1840. The molecule has 0 amide bonds. The van der Waals surface area contributed by atoms with Gasteiger partial charge in [-0.2, -0.15) is 0 Å². The van der Waals surface area contributed by atoms with E-state index in [0.717, 1.165) is 114 Å². The summed E-state index contributed by atoms with van der Waals surface area (Å²) in [4.78, 5) is 72.6. The van der Waals surface area contributed by atoms with E-state index in [-0.39, 0.29) is 25.7 Å². The summed E-state index contributed by atoms with van der Waals surface area (Å²) in [5.74, 6) is 0.863. The van der Waals surface area contributed by atoms with E-state index < -0.39 is 97.5 Å². The van der Waals surface area contributed by atoms with Crippen LogP contribution in [0.5, 0.6) is 0 Å². The molecular formula is C74H144O17P2. The van der Waals surface area contributed by atoms with Gasteiger partial charge in [-0.05, 0) is 49.4 Å². The number of phosphoric ester groups is 2. The van der Waals surface area contributed by atoms with Crippen LogP contribution < -0.4 is 0 Å². The summed E-state index contributed by atoms with van der Waals surface area (Å²) in [5.41, 5.74) is 0. The first kappa shape index (κ1) is 91.1. The molecule has 0 bridgehead atoms. The number of aliphatic hydroxyl groups excluding tert-OH is 1. The predicted molar refractivity (Wildman–Crippen MR) is 377 cm³/mol. The van der Waals surface area contributed by atoms with Gasteiger partial charge in [0.2, 0.25) is 0 Å². The molecule has 0 aromatic rings. The number of rotatable bonds is 71. The topological polar surface area (TPSA) is 237 Å². The first-order valence-corrected chi connectivity index (χ1v) is 41.2. The van der Waals surface area contributed by atoms with Crippen LogP contribution in [0.3, 0.4) is 0 Å². The third-order valence-corrected chi connectivity index (χ3v) is 19.3. The standard InChI is InChI=1S/C74H144O17P2/c1-9-67(8)53-45-37-32-33-39-47-55-72(77)85-61-70(91-74(79)57-49-41-31-25-28-36-44-52-66(6)7)63-89-93(82,83)87-59-68(75)58-86-92(80,81)88-62-69(60-84-71(76)54-46-38-29-24-20-22-27-35-43-51-65(4)5)90-73(78)56-48-40-30-23-19-17-15-13-11-10-12-14-16-18-21-26-34-42-50-64(2)3/h64-70,75H,9-63H2,1-8H3,(H,80,81)(H,82,83)/t67?,68-,69-,70-/m1/s1. The van der Waals surface area contributed by atoms with Crippen molar-refractivity contribution >= 4 is 39.5 Å². The Kier molecular flexibility index (Phi) is 62.2. The third kappa shape index (κ3) is 67.0. The van der Waals surface area contributed by atoms with Crippen molar-refractivity contribution in [2.45, 2.75) is 388 Å². The summed E-state index contributed by atoms with van der Waals surface area (Å²) in [6.45, 7) is 14.1. The monoisotopic (exact) mass is 1370 g/mol. The largest absolute Gasteiger partial charge is 0.472 e. The van der Waals surface area contributed by atoms with Gasteiger partial charge in [0.25, 0.3) is 0 Å². The molecule has 17 nitrogen and oxygen atoms in total. The van der Waals surface area contributed by atoms with E-state index in [1.807, 2.05) is 0 Å². The number of unbranched alkanes of at least 4 members (excludes halogenated alkanes) is 36. The molecule has 0 aliphatic heterocycles. The Balaban J connectivity index is 5.19. The van der Waals surface area contributed by atoms with Gasteiger partial charge in [-0.15, -0.1) is 0 Å². The molecule has 0 aromatic carbocycles. The molecule has 0 rings (SSSR count). The number of aliphatic hydroxyl groups is 1. The molecule has 19 heteroatoms. The van der Waals surface area contributed by atoms with Gasteiger partial charge in [-0.25, -0.2) is 9.13 Å². The summed E-state index contributed by atoms with van der Waals surface area (Å²) in [6.07, 6.45) is 47.5. The van der Waals surface area contributed by atoms with E-state index in [4.69, 9.17) is 37.0 Å². The minimum Gasteiger partial charge on any atom is -0.462 e. The lowest BCUT2D eigenvalue weighted by Crippen LogP contribution is -2.30. The molecular weight excluding hydrogens is 1220 g/mol. The van der Waals surface area contributed by atoms with Gasteiger partial charge in [0.05, 0.1) is 26.4 Å². The quantitative estimate of drug-likeness (QED) is 0.0222. The van der Waals surface area contributed by atoms with E-state index in [0.29, 0.717) is 31.6 Å². The van der Waals surface area contributed by atoms with Crippen LogP contribution in [0.4, 0.5) is 0 Å².